The molecule has 3 N–H and O–H groups in total. The number of aromatic nitrogens is 2. The van der Waals surface area contributed by atoms with Crippen molar-refractivity contribution in [1.82, 2.24) is 14.3 Å². The van der Waals surface area contributed by atoms with Crippen LogP contribution in [0.3, 0.4) is 0 Å². The lowest BCUT2D eigenvalue weighted by Crippen LogP contribution is -2.22. The number of alkyl halides is 2. The molecule has 138 valence electrons. The van der Waals surface area contributed by atoms with Crippen LogP contribution in [0, 0.1) is 0 Å². The van der Waals surface area contributed by atoms with Crippen molar-refractivity contribution in [3.05, 3.63) is 48.3 Å². The highest BCUT2D eigenvalue weighted by Gasteiger charge is 2.14. The molecule has 0 saturated carbocycles. The van der Waals surface area contributed by atoms with Crippen LogP contribution in [-0.4, -0.2) is 46.2 Å². The number of aromatic amines is 1. The van der Waals surface area contributed by atoms with Crippen molar-refractivity contribution in [2.75, 3.05) is 20.1 Å². The zero-order valence-corrected chi connectivity index (χ0v) is 15.4. The van der Waals surface area contributed by atoms with E-state index >= 15 is 0 Å². The van der Waals surface area contributed by atoms with Gasteiger partial charge in [-0.1, -0.05) is 23.9 Å². The Morgan fingerprint density at radius 3 is 2.54 bits per heavy atom. The first-order valence-electron chi connectivity index (χ1n) is 8.11. The number of fused-ring (bicyclic) bond motifs is 1. The number of nitrogens with one attached hydrogen (secondary N) is 1. The monoisotopic (exact) mass is 376 g/mol. The van der Waals surface area contributed by atoms with Crippen LogP contribution in [0.15, 0.2) is 47.5 Å². The van der Waals surface area contributed by atoms with E-state index in [2.05, 4.69) is 26.0 Å². The van der Waals surface area contributed by atoms with E-state index in [1.165, 1.54) is 6.07 Å². The van der Waals surface area contributed by atoms with Gasteiger partial charge >= 0.3 is 0 Å². The third-order valence-electron chi connectivity index (χ3n) is 4.43. The molecule has 0 aliphatic carbocycles. The molecule has 1 aromatic carbocycles. The molecular weight excluding hydrogens is 354 g/mol. The van der Waals surface area contributed by atoms with Crippen molar-refractivity contribution in [3.63, 3.8) is 0 Å². The summed E-state index contributed by atoms with van der Waals surface area (Å²) in [6.07, 6.45) is -0.941. The lowest BCUT2D eigenvalue weighted by Gasteiger charge is -2.27. The molecule has 0 fully saturated rings. The van der Waals surface area contributed by atoms with E-state index in [1.807, 2.05) is 37.4 Å². The first kappa shape index (κ1) is 18.6. The molecule has 0 aliphatic rings. The molecule has 2 heterocycles. The van der Waals surface area contributed by atoms with Gasteiger partial charge in [-0.2, -0.15) is 0 Å². The fraction of sp³-hybridized carbons (Fsp3) is 0.211. The summed E-state index contributed by atoms with van der Waals surface area (Å²) in [5, 5.41) is 0.679. The Morgan fingerprint density at radius 2 is 1.92 bits per heavy atom. The Bertz CT molecular complexity index is 1010. The molecular formula is C19H22F2N4S. The molecule has 0 spiro atoms. The van der Waals surface area contributed by atoms with E-state index in [4.69, 9.17) is 5.73 Å². The zero-order chi connectivity index (χ0) is 18.9. The normalized spacial score (nSPS) is 12.4. The van der Waals surface area contributed by atoms with Crippen LogP contribution in [0.1, 0.15) is 12.1 Å². The van der Waals surface area contributed by atoms with Crippen molar-refractivity contribution < 1.29 is 8.78 Å². The predicted octanol–water partition coefficient (Wildman–Crippen LogP) is 4.00. The van der Waals surface area contributed by atoms with Crippen molar-refractivity contribution >= 4 is 32.2 Å². The first-order valence-corrected chi connectivity index (χ1v) is 10.0. The second-order valence-corrected chi connectivity index (χ2v) is 8.93. The number of hydrogen-bond acceptors (Lipinski definition) is 3. The summed E-state index contributed by atoms with van der Waals surface area (Å²) in [6.45, 7) is 1.26. The molecule has 3 rings (SSSR count). The molecule has 0 radical (unpaired) electrons. The number of nitrogens with zero attached hydrogens (tertiary/aromatic N) is 2. The number of nitrogens with two attached hydrogens (primary N) is 1. The highest BCUT2D eigenvalue weighted by molar-refractivity contribution is 8.25. The molecule has 26 heavy (non-hydrogen) atoms. The molecule has 2 aromatic heterocycles. The van der Waals surface area contributed by atoms with Crippen molar-refractivity contribution in [1.29, 1.82) is 0 Å². The van der Waals surface area contributed by atoms with Crippen LogP contribution in [0.25, 0.3) is 22.2 Å². The fourth-order valence-electron chi connectivity index (χ4n) is 2.84. The summed E-state index contributed by atoms with van der Waals surface area (Å²) in [6, 6.07) is 11.2. The number of hydrogen-bond donors (Lipinski definition) is 2. The molecule has 0 unspecified atom stereocenters. The van der Waals surface area contributed by atoms with Gasteiger partial charge in [0, 0.05) is 29.6 Å². The molecule has 3 aromatic rings. The Labute approximate surface area is 152 Å². The number of H-pyrrole nitrogens is 1. The topological polar surface area (TPSA) is 57.9 Å². The van der Waals surface area contributed by atoms with Gasteiger partial charge in [-0.05, 0) is 42.4 Å². The van der Waals surface area contributed by atoms with Gasteiger partial charge in [-0.15, -0.1) is 9.39 Å². The van der Waals surface area contributed by atoms with Gasteiger partial charge in [0.15, 0.2) is 0 Å². The molecule has 0 bridgehead atoms. The molecule has 7 heteroatoms. The molecule has 0 amide bonds. The number of benzene rings is 1. The van der Waals surface area contributed by atoms with Crippen LogP contribution in [0.5, 0.6) is 0 Å². The summed E-state index contributed by atoms with van der Waals surface area (Å²) >= 11 is 0. The minimum atomic E-state index is -2.56. The van der Waals surface area contributed by atoms with E-state index in [9.17, 15) is 8.78 Å². The Morgan fingerprint density at radius 1 is 1.23 bits per heavy atom. The van der Waals surface area contributed by atoms with Gasteiger partial charge in [0.1, 0.15) is 5.65 Å². The summed E-state index contributed by atoms with van der Waals surface area (Å²) < 4.78 is 28.0. The largest absolute Gasteiger partial charge is 0.338 e. The Hall–Kier alpha value is -2.22. The molecule has 0 aliphatic heterocycles. The van der Waals surface area contributed by atoms with Crippen LogP contribution in [-0.2, 0) is 0 Å². The third-order valence-corrected chi connectivity index (χ3v) is 6.96. The van der Waals surface area contributed by atoms with E-state index in [0.717, 1.165) is 22.6 Å². The van der Waals surface area contributed by atoms with Gasteiger partial charge in [0.05, 0.1) is 5.69 Å². The maximum absolute atomic E-state index is 13.0. The molecule has 0 atom stereocenters. The summed E-state index contributed by atoms with van der Waals surface area (Å²) in [5.41, 5.74) is 7.75. The molecule has 0 saturated heterocycles. The second kappa shape index (κ2) is 7.19. The highest BCUT2D eigenvalue weighted by atomic mass is 32.2. The third kappa shape index (κ3) is 3.38. The number of likely N-dealkylation sites (N-methyl/N-ethyl adjacent to an activating group) is 1. The lowest BCUT2D eigenvalue weighted by molar-refractivity contribution is 0.147. The standard InChI is InChI=1S/C19H22F2N4S/c1-25(11-9-22)26(2,3)14-6-4-13(5-7-14)15-8-10-23-19-16(15)12-17(24-19)18(20)21/h4-8,10,12,18H,2-3,9,11,22H2,1H3,(H,23,24). The van der Waals surface area contributed by atoms with Crippen LogP contribution in [0.2, 0.25) is 0 Å². The van der Waals surface area contributed by atoms with E-state index in [1.54, 1.807) is 6.20 Å². The summed E-state index contributed by atoms with van der Waals surface area (Å²) in [7, 11) is 0.352. The van der Waals surface area contributed by atoms with Gasteiger partial charge in [0.25, 0.3) is 6.43 Å². The Kier molecular flexibility index (Phi) is 5.13. The van der Waals surface area contributed by atoms with Crippen molar-refractivity contribution in [3.8, 4) is 11.1 Å². The minimum absolute atomic E-state index is 0.126. The van der Waals surface area contributed by atoms with Crippen molar-refractivity contribution in [2.24, 2.45) is 5.73 Å². The maximum Gasteiger partial charge on any atom is 0.278 e. The average molecular weight is 376 g/mol. The first-order chi connectivity index (χ1) is 12.3. The number of pyridine rings is 1. The van der Waals surface area contributed by atoms with Gasteiger partial charge in [-0.25, -0.2) is 13.8 Å². The van der Waals surface area contributed by atoms with Crippen LogP contribution < -0.4 is 5.73 Å². The Balaban J connectivity index is 2.00. The van der Waals surface area contributed by atoms with Crippen LogP contribution in [0.4, 0.5) is 8.78 Å². The van der Waals surface area contributed by atoms with Gasteiger partial charge < -0.3 is 10.7 Å². The smallest absolute Gasteiger partial charge is 0.278 e. The van der Waals surface area contributed by atoms with Gasteiger partial charge in [0.2, 0.25) is 0 Å². The average Bonchev–Trinajstić information content (AvgIpc) is 3.06. The number of halogens is 2. The predicted molar refractivity (Wildman–Crippen MR) is 108 cm³/mol. The quantitative estimate of drug-likeness (QED) is 0.640. The maximum atomic E-state index is 13.0. The van der Waals surface area contributed by atoms with Crippen LogP contribution >= 0.6 is 9.39 Å². The highest BCUT2D eigenvalue weighted by Crippen LogP contribution is 2.37. The van der Waals surface area contributed by atoms with E-state index in [0.29, 0.717) is 17.6 Å². The number of rotatable bonds is 6. The minimum Gasteiger partial charge on any atom is -0.338 e. The summed E-state index contributed by atoms with van der Waals surface area (Å²) in [5.74, 6) is 8.56. The SMILES string of the molecule is C=S(=C)(c1ccc(-c2ccnc3[nH]c(C(F)F)cc23)cc1)N(C)CCN. The lowest BCUT2D eigenvalue weighted by atomic mass is 10.0. The van der Waals surface area contributed by atoms with Crippen molar-refractivity contribution in [2.45, 2.75) is 11.3 Å². The summed E-state index contributed by atoms with van der Waals surface area (Å²) in [4.78, 5) is 7.85. The fourth-order valence-corrected chi connectivity index (χ4v) is 4.30. The molecule has 4 nitrogen and oxygen atoms in total. The zero-order valence-electron chi connectivity index (χ0n) is 14.6. The van der Waals surface area contributed by atoms with Gasteiger partial charge in [-0.3, -0.25) is 4.31 Å². The van der Waals surface area contributed by atoms with E-state index in [-0.39, 0.29) is 5.69 Å². The van der Waals surface area contributed by atoms with E-state index < -0.39 is 15.8 Å². The second-order valence-electron chi connectivity index (χ2n) is 6.15.